The molecule has 1 aliphatic rings. The molecule has 2 rings (SSSR count). The second-order valence-corrected chi connectivity index (χ2v) is 5.05. The lowest BCUT2D eigenvalue weighted by atomic mass is 10.2. The van der Waals surface area contributed by atoms with E-state index in [1.807, 2.05) is 6.07 Å². The first-order valence-electron chi connectivity index (χ1n) is 6.56. The van der Waals surface area contributed by atoms with E-state index in [0.717, 1.165) is 12.3 Å². The molecule has 3 nitrogen and oxygen atoms in total. The number of likely N-dealkylation sites (N-methyl/N-ethyl adjacent to an activating group) is 1. The van der Waals surface area contributed by atoms with Crippen LogP contribution in [0.4, 0.5) is 0 Å². The van der Waals surface area contributed by atoms with Gasteiger partial charge in [-0.2, -0.15) is 0 Å². The van der Waals surface area contributed by atoms with Crippen LogP contribution in [0.1, 0.15) is 12.0 Å². The van der Waals surface area contributed by atoms with Crippen LogP contribution in [-0.4, -0.2) is 40.3 Å². The fourth-order valence-electron chi connectivity index (χ4n) is 2.58. The zero-order chi connectivity index (χ0) is 12.1. The molecule has 1 saturated heterocycles. The van der Waals surface area contributed by atoms with Gasteiger partial charge in [-0.05, 0) is 12.1 Å². The Hall–Kier alpha value is -1.06. The molecule has 0 spiro atoms. The lowest BCUT2D eigenvalue weighted by Gasteiger charge is -2.17. The summed E-state index contributed by atoms with van der Waals surface area (Å²) >= 11 is 0. The predicted octanol–water partition coefficient (Wildman–Crippen LogP) is -1.00. The van der Waals surface area contributed by atoms with Crippen LogP contribution in [0.15, 0.2) is 24.3 Å². The Kier molecular flexibility index (Phi) is 4.40. The van der Waals surface area contributed by atoms with Crippen LogP contribution in [0.2, 0.25) is 0 Å². The summed E-state index contributed by atoms with van der Waals surface area (Å²) in [5, 5.41) is 0. The van der Waals surface area contributed by atoms with Gasteiger partial charge >= 0.3 is 0 Å². The van der Waals surface area contributed by atoms with Gasteiger partial charge in [-0.3, -0.25) is 0 Å². The smallest absolute Gasteiger partial charge is 0.127 e. The molecule has 1 heterocycles. The van der Waals surface area contributed by atoms with Gasteiger partial charge in [0.1, 0.15) is 25.4 Å². The number of methoxy groups -OCH3 is 1. The fourth-order valence-corrected chi connectivity index (χ4v) is 2.58. The minimum atomic E-state index is 1.03. The number of benzene rings is 1. The zero-order valence-electron chi connectivity index (χ0n) is 11.0. The Balaban J connectivity index is 1.99. The lowest BCUT2D eigenvalue weighted by molar-refractivity contribution is -0.938. The summed E-state index contributed by atoms with van der Waals surface area (Å²) in [5.74, 6) is 1.03. The third-order valence-electron chi connectivity index (χ3n) is 3.67. The number of hydrogen-bond donors (Lipinski definition) is 2. The van der Waals surface area contributed by atoms with E-state index in [4.69, 9.17) is 4.74 Å². The highest BCUT2D eigenvalue weighted by Crippen LogP contribution is 2.15. The lowest BCUT2D eigenvalue weighted by Crippen LogP contribution is -3.15. The van der Waals surface area contributed by atoms with E-state index in [2.05, 4.69) is 25.2 Å². The van der Waals surface area contributed by atoms with E-state index >= 15 is 0 Å². The molecule has 0 saturated carbocycles. The topological polar surface area (TPSA) is 18.1 Å². The molecular weight excluding hydrogens is 212 g/mol. The Bertz CT molecular complexity index is 354. The molecule has 2 atom stereocenters. The monoisotopic (exact) mass is 236 g/mol. The molecule has 1 aliphatic heterocycles. The van der Waals surface area contributed by atoms with Gasteiger partial charge in [-0.25, -0.2) is 0 Å². The molecule has 17 heavy (non-hydrogen) atoms. The van der Waals surface area contributed by atoms with Gasteiger partial charge in [0.05, 0.1) is 27.2 Å². The SMILES string of the molecule is COc1ccccc1C[NH+]1CCC[NH+](C)CC1. The summed E-state index contributed by atoms with van der Waals surface area (Å²) in [5.41, 5.74) is 1.34. The Morgan fingerprint density at radius 2 is 1.94 bits per heavy atom. The Morgan fingerprint density at radius 1 is 1.12 bits per heavy atom. The van der Waals surface area contributed by atoms with Crippen molar-refractivity contribution in [1.29, 1.82) is 0 Å². The van der Waals surface area contributed by atoms with Gasteiger partial charge in [-0.1, -0.05) is 12.1 Å². The van der Waals surface area contributed by atoms with Crippen molar-refractivity contribution in [1.82, 2.24) is 0 Å². The third-order valence-corrected chi connectivity index (χ3v) is 3.67. The van der Waals surface area contributed by atoms with Crippen molar-refractivity contribution in [2.75, 3.05) is 40.3 Å². The quantitative estimate of drug-likeness (QED) is 0.689. The molecule has 94 valence electrons. The highest BCUT2D eigenvalue weighted by Gasteiger charge is 2.18. The van der Waals surface area contributed by atoms with E-state index in [9.17, 15) is 0 Å². The average Bonchev–Trinajstić information content (AvgIpc) is 2.55. The average molecular weight is 236 g/mol. The van der Waals surface area contributed by atoms with Crippen molar-refractivity contribution >= 4 is 0 Å². The van der Waals surface area contributed by atoms with Crippen molar-refractivity contribution in [3.05, 3.63) is 29.8 Å². The summed E-state index contributed by atoms with van der Waals surface area (Å²) in [4.78, 5) is 3.35. The fraction of sp³-hybridized carbons (Fsp3) is 0.571. The van der Waals surface area contributed by atoms with Crippen LogP contribution in [0.5, 0.6) is 5.75 Å². The number of para-hydroxylation sites is 1. The molecule has 3 heteroatoms. The number of nitrogens with one attached hydrogen (secondary N) is 2. The highest BCUT2D eigenvalue weighted by molar-refractivity contribution is 5.32. The molecular formula is C14H24N2O+2. The summed E-state index contributed by atoms with van der Waals surface area (Å²) in [7, 11) is 4.06. The Morgan fingerprint density at radius 3 is 2.76 bits per heavy atom. The highest BCUT2D eigenvalue weighted by atomic mass is 16.5. The maximum Gasteiger partial charge on any atom is 0.127 e. The van der Waals surface area contributed by atoms with E-state index < -0.39 is 0 Å². The molecule has 2 unspecified atom stereocenters. The minimum absolute atomic E-state index is 1.03. The van der Waals surface area contributed by atoms with Crippen molar-refractivity contribution in [3.8, 4) is 5.75 Å². The number of rotatable bonds is 3. The third kappa shape index (κ3) is 3.45. The van der Waals surface area contributed by atoms with Gasteiger partial charge in [0.2, 0.25) is 0 Å². The van der Waals surface area contributed by atoms with Crippen LogP contribution in [0.3, 0.4) is 0 Å². The predicted molar refractivity (Wildman–Crippen MR) is 68.6 cm³/mol. The molecule has 0 bridgehead atoms. The van der Waals surface area contributed by atoms with Gasteiger partial charge in [0, 0.05) is 12.0 Å². The summed E-state index contributed by atoms with van der Waals surface area (Å²) in [6, 6.07) is 8.39. The molecule has 1 aromatic rings. The first-order chi connectivity index (χ1) is 8.29. The second-order valence-electron chi connectivity index (χ2n) is 5.05. The van der Waals surface area contributed by atoms with E-state index in [1.165, 1.54) is 38.2 Å². The molecule has 2 N–H and O–H groups in total. The van der Waals surface area contributed by atoms with Crippen molar-refractivity contribution < 1.29 is 14.5 Å². The molecule has 1 fully saturated rings. The standard InChI is InChI=1S/C14H22N2O/c1-15-8-5-9-16(11-10-15)12-13-6-3-4-7-14(13)17-2/h3-4,6-7H,5,8-12H2,1-2H3/p+2. The summed E-state index contributed by atoms with van der Waals surface area (Å²) in [6.45, 7) is 6.25. The van der Waals surface area contributed by atoms with Crippen LogP contribution < -0.4 is 14.5 Å². The van der Waals surface area contributed by atoms with Gasteiger partial charge < -0.3 is 14.5 Å². The van der Waals surface area contributed by atoms with Crippen molar-refractivity contribution in [3.63, 3.8) is 0 Å². The van der Waals surface area contributed by atoms with E-state index in [1.54, 1.807) is 16.9 Å². The van der Waals surface area contributed by atoms with Gasteiger partial charge in [0.15, 0.2) is 0 Å². The second kappa shape index (κ2) is 6.03. The van der Waals surface area contributed by atoms with E-state index in [0.29, 0.717) is 0 Å². The first kappa shape index (κ1) is 12.4. The molecule has 0 radical (unpaired) electrons. The molecule has 0 aliphatic carbocycles. The van der Waals surface area contributed by atoms with Crippen LogP contribution in [-0.2, 0) is 6.54 Å². The molecule has 1 aromatic carbocycles. The zero-order valence-corrected chi connectivity index (χ0v) is 11.0. The summed E-state index contributed by atoms with van der Waals surface area (Å²) in [6.07, 6.45) is 1.33. The number of quaternary nitrogens is 2. The maximum absolute atomic E-state index is 5.42. The normalized spacial score (nSPS) is 25.3. The maximum atomic E-state index is 5.42. The first-order valence-corrected chi connectivity index (χ1v) is 6.56. The van der Waals surface area contributed by atoms with Crippen LogP contribution in [0.25, 0.3) is 0 Å². The largest absolute Gasteiger partial charge is 0.496 e. The molecule has 0 aromatic heterocycles. The van der Waals surface area contributed by atoms with Gasteiger partial charge in [0.25, 0.3) is 0 Å². The van der Waals surface area contributed by atoms with Crippen molar-refractivity contribution in [2.24, 2.45) is 0 Å². The van der Waals surface area contributed by atoms with Crippen LogP contribution in [0, 0.1) is 0 Å². The number of ether oxygens (including phenoxy) is 1. The van der Waals surface area contributed by atoms with Crippen LogP contribution >= 0.6 is 0 Å². The number of hydrogen-bond acceptors (Lipinski definition) is 1. The summed E-state index contributed by atoms with van der Waals surface area (Å²) < 4.78 is 5.42. The molecule has 0 amide bonds. The Labute approximate surface area is 104 Å². The minimum Gasteiger partial charge on any atom is -0.496 e. The van der Waals surface area contributed by atoms with E-state index in [-0.39, 0.29) is 0 Å². The van der Waals surface area contributed by atoms with Crippen molar-refractivity contribution in [2.45, 2.75) is 13.0 Å². The van der Waals surface area contributed by atoms with Gasteiger partial charge in [-0.15, -0.1) is 0 Å².